The molecule has 3 fully saturated rings. The Morgan fingerprint density at radius 3 is 1.44 bits per heavy atom. The number of carbonyl (C=O) groups is 4. The Kier molecular flexibility index (Phi) is 10.5. The summed E-state index contributed by atoms with van der Waals surface area (Å²) in [7, 11) is 7.84. The standard InChI is InChI=1S/C48H43ClN8O5/c1-54(2)31-13-5-27(6-14-31)50-52-29-9-17-33(18-10-29)56-45(59)38-24-23-36-39(43(38)47(56)61)26-40-44(42(36)37-22-21-35(58)25-41(37)49)48(62)57(46(40)60)34-19-11-30(12-20-34)53-51-28-7-15-32(16-8-28)55(3)4/h5-23,25,38-40,42-44,58H,24,26H2,1-4H3. The van der Waals surface area contributed by atoms with E-state index in [0.29, 0.717) is 39.7 Å². The molecule has 13 nitrogen and oxygen atoms in total. The Labute approximate surface area is 363 Å². The fourth-order valence-corrected chi connectivity index (χ4v) is 9.71. The maximum atomic E-state index is 14.6. The molecule has 312 valence electrons. The third kappa shape index (κ3) is 7.21. The van der Waals surface area contributed by atoms with Gasteiger partial charge in [0.05, 0.1) is 57.8 Å². The van der Waals surface area contributed by atoms with Crippen molar-refractivity contribution in [2.45, 2.75) is 18.8 Å². The summed E-state index contributed by atoms with van der Waals surface area (Å²) in [4.78, 5) is 64.3. The van der Waals surface area contributed by atoms with Crippen LogP contribution in [0.15, 0.2) is 147 Å². The van der Waals surface area contributed by atoms with E-state index in [-0.39, 0.29) is 47.2 Å². The molecule has 0 radical (unpaired) electrons. The van der Waals surface area contributed by atoms with E-state index in [0.717, 1.165) is 16.9 Å². The number of hydrogen-bond donors (Lipinski definition) is 1. The Hall–Kier alpha value is -6.99. The number of benzene rings is 5. The van der Waals surface area contributed by atoms with Gasteiger partial charge in [0.25, 0.3) is 0 Å². The third-order valence-corrected chi connectivity index (χ3v) is 12.8. The number of rotatable bonds is 9. The van der Waals surface area contributed by atoms with Crippen LogP contribution in [0.25, 0.3) is 0 Å². The molecule has 5 aromatic carbocycles. The molecule has 2 saturated heterocycles. The summed E-state index contributed by atoms with van der Waals surface area (Å²) >= 11 is 6.82. The Morgan fingerprint density at radius 1 is 0.548 bits per heavy atom. The largest absolute Gasteiger partial charge is 0.508 e. The average molecular weight is 847 g/mol. The van der Waals surface area contributed by atoms with Crippen molar-refractivity contribution in [2.24, 2.45) is 50.0 Å². The molecule has 9 rings (SSSR count). The predicted octanol–water partition coefficient (Wildman–Crippen LogP) is 10.1. The number of phenolic OH excluding ortho intramolecular Hbond substituents is 1. The summed E-state index contributed by atoms with van der Waals surface area (Å²) in [5, 5.41) is 27.9. The first-order valence-corrected chi connectivity index (χ1v) is 20.8. The second-order valence-corrected chi connectivity index (χ2v) is 16.9. The van der Waals surface area contributed by atoms with Crippen LogP contribution in [0.2, 0.25) is 5.02 Å². The highest BCUT2D eigenvalue weighted by Gasteiger charge is 2.62. The second-order valence-electron chi connectivity index (χ2n) is 16.5. The lowest BCUT2D eigenvalue weighted by Crippen LogP contribution is -2.43. The lowest BCUT2D eigenvalue weighted by molar-refractivity contribution is -0.126. The molecule has 1 saturated carbocycles. The Bertz CT molecular complexity index is 2680. The molecule has 14 heteroatoms. The molecule has 4 amide bonds. The van der Waals surface area contributed by atoms with E-state index in [2.05, 4.69) is 20.5 Å². The van der Waals surface area contributed by atoms with E-state index in [1.807, 2.05) is 92.6 Å². The van der Waals surface area contributed by atoms with Crippen LogP contribution in [0.3, 0.4) is 0 Å². The van der Waals surface area contributed by atoms with Gasteiger partial charge in [0, 0.05) is 50.5 Å². The molecule has 6 unspecified atom stereocenters. The summed E-state index contributed by atoms with van der Waals surface area (Å²) in [5.74, 6) is -5.72. The summed E-state index contributed by atoms with van der Waals surface area (Å²) in [6.45, 7) is 0. The molecular formula is C48H43ClN8O5. The van der Waals surface area contributed by atoms with Gasteiger partial charge in [-0.05, 0) is 134 Å². The lowest BCUT2D eigenvalue weighted by Gasteiger charge is -2.44. The molecule has 0 aromatic heterocycles. The predicted molar refractivity (Wildman–Crippen MR) is 238 cm³/mol. The number of carbonyl (C=O) groups excluding carboxylic acids is 4. The van der Waals surface area contributed by atoms with Gasteiger partial charge in [0.15, 0.2) is 0 Å². The van der Waals surface area contributed by atoms with E-state index in [1.54, 1.807) is 54.6 Å². The van der Waals surface area contributed by atoms with E-state index in [1.165, 1.54) is 21.9 Å². The molecule has 6 atom stereocenters. The van der Waals surface area contributed by atoms with Crippen molar-refractivity contribution in [3.63, 3.8) is 0 Å². The number of fused-ring (bicyclic) bond motifs is 4. The quantitative estimate of drug-likeness (QED) is 0.0881. The number of halogens is 1. The number of imide groups is 2. The highest BCUT2D eigenvalue weighted by atomic mass is 35.5. The molecule has 0 spiro atoms. The second kappa shape index (κ2) is 16.1. The highest BCUT2D eigenvalue weighted by molar-refractivity contribution is 6.32. The van der Waals surface area contributed by atoms with Gasteiger partial charge in [-0.25, -0.2) is 0 Å². The number of aromatic hydroxyl groups is 1. The van der Waals surface area contributed by atoms with E-state index in [4.69, 9.17) is 11.6 Å². The molecular weight excluding hydrogens is 804 g/mol. The van der Waals surface area contributed by atoms with Crippen molar-refractivity contribution in [3.05, 3.63) is 137 Å². The van der Waals surface area contributed by atoms with Crippen LogP contribution in [0.1, 0.15) is 24.3 Å². The van der Waals surface area contributed by atoms with Crippen LogP contribution in [0, 0.1) is 29.6 Å². The fraction of sp³-hybridized carbons (Fsp3) is 0.250. The van der Waals surface area contributed by atoms with E-state index >= 15 is 0 Å². The maximum Gasteiger partial charge on any atom is 0.238 e. The first-order valence-electron chi connectivity index (χ1n) is 20.4. The molecule has 0 bridgehead atoms. The molecule has 2 aliphatic heterocycles. The van der Waals surface area contributed by atoms with Crippen molar-refractivity contribution in [1.82, 2.24) is 0 Å². The number of allylic oxidation sites excluding steroid dienone is 2. The van der Waals surface area contributed by atoms with Crippen molar-refractivity contribution < 1.29 is 24.3 Å². The summed E-state index contributed by atoms with van der Waals surface area (Å²) in [5.41, 5.74) is 6.70. The van der Waals surface area contributed by atoms with Crippen LogP contribution in [-0.2, 0) is 19.2 Å². The lowest BCUT2D eigenvalue weighted by atomic mass is 9.57. The summed E-state index contributed by atoms with van der Waals surface area (Å²) in [6.07, 6.45) is 2.45. The number of phenols is 1. The number of azo groups is 2. The van der Waals surface area contributed by atoms with Crippen LogP contribution >= 0.6 is 11.6 Å². The first kappa shape index (κ1) is 40.4. The van der Waals surface area contributed by atoms with Crippen molar-refractivity contribution in [3.8, 4) is 5.75 Å². The van der Waals surface area contributed by atoms with Crippen LogP contribution in [0.4, 0.5) is 45.5 Å². The molecule has 4 aliphatic rings. The normalized spacial score (nSPS) is 23.2. The van der Waals surface area contributed by atoms with Crippen molar-refractivity contribution in [1.29, 1.82) is 0 Å². The minimum Gasteiger partial charge on any atom is -0.508 e. The molecule has 1 N–H and O–H groups in total. The summed E-state index contributed by atoms with van der Waals surface area (Å²) < 4.78 is 0. The SMILES string of the molecule is CN(C)c1ccc(N=Nc2ccc(N3C(=O)C4CC=C5C(CC6C(=O)N(c7ccc(N=Nc8ccc(N(C)C)cc8)cc7)C(=O)C6C5c5ccc(O)cc5Cl)C4C3=O)cc2)cc1. The highest BCUT2D eigenvalue weighted by Crippen LogP contribution is 2.59. The number of anilines is 4. The van der Waals surface area contributed by atoms with Gasteiger partial charge in [-0.15, -0.1) is 0 Å². The molecule has 2 heterocycles. The van der Waals surface area contributed by atoms with E-state index in [9.17, 15) is 24.3 Å². The fourth-order valence-electron chi connectivity index (χ4n) is 9.42. The average Bonchev–Trinajstić information content (AvgIpc) is 3.68. The van der Waals surface area contributed by atoms with Crippen LogP contribution in [-0.4, -0.2) is 56.9 Å². The number of nitrogens with zero attached hydrogens (tertiary/aromatic N) is 8. The van der Waals surface area contributed by atoms with Crippen LogP contribution in [0.5, 0.6) is 5.75 Å². The number of hydrogen-bond acceptors (Lipinski definition) is 11. The first-order chi connectivity index (χ1) is 29.9. The van der Waals surface area contributed by atoms with Crippen molar-refractivity contribution in [2.75, 3.05) is 47.8 Å². The number of amides is 4. The zero-order chi connectivity index (χ0) is 43.4. The Balaban J connectivity index is 0.986. The Morgan fingerprint density at radius 2 is 0.984 bits per heavy atom. The van der Waals surface area contributed by atoms with Gasteiger partial charge < -0.3 is 14.9 Å². The van der Waals surface area contributed by atoms with Gasteiger partial charge in [0.2, 0.25) is 23.6 Å². The molecule has 62 heavy (non-hydrogen) atoms. The third-order valence-electron chi connectivity index (χ3n) is 12.5. The van der Waals surface area contributed by atoms with Gasteiger partial charge in [-0.1, -0.05) is 29.3 Å². The topological polar surface area (TPSA) is 151 Å². The smallest absolute Gasteiger partial charge is 0.238 e. The van der Waals surface area contributed by atoms with Gasteiger partial charge in [0.1, 0.15) is 5.75 Å². The summed E-state index contributed by atoms with van der Waals surface area (Å²) in [6, 6.07) is 33.4. The molecule has 2 aliphatic carbocycles. The minimum absolute atomic E-state index is 0.0445. The minimum atomic E-state index is -0.830. The van der Waals surface area contributed by atoms with Crippen LogP contribution < -0.4 is 19.6 Å². The van der Waals surface area contributed by atoms with Gasteiger partial charge in [-0.3, -0.25) is 29.0 Å². The maximum absolute atomic E-state index is 14.6. The zero-order valence-corrected chi connectivity index (χ0v) is 35.2. The van der Waals surface area contributed by atoms with Gasteiger partial charge >= 0.3 is 0 Å². The monoisotopic (exact) mass is 846 g/mol. The van der Waals surface area contributed by atoms with Gasteiger partial charge in [-0.2, -0.15) is 20.5 Å². The van der Waals surface area contributed by atoms with E-state index < -0.39 is 35.5 Å². The molecule has 5 aromatic rings. The zero-order valence-electron chi connectivity index (χ0n) is 34.5. The van der Waals surface area contributed by atoms with Crippen molar-refractivity contribution >= 4 is 80.7 Å².